The molecule has 0 aliphatic rings. The first-order valence-electron chi connectivity index (χ1n) is 6.27. The van der Waals surface area contributed by atoms with E-state index in [1.54, 1.807) is 12.1 Å². The van der Waals surface area contributed by atoms with E-state index in [9.17, 15) is 4.79 Å². The second kappa shape index (κ2) is 4.70. The summed E-state index contributed by atoms with van der Waals surface area (Å²) in [4.78, 5) is 11.1. The van der Waals surface area contributed by atoms with Gasteiger partial charge in [-0.1, -0.05) is 42.5 Å². The minimum absolute atomic E-state index is 0.202. The zero-order valence-electron chi connectivity index (χ0n) is 10.7. The summed E-state index contributed by atoms with van der Waals surface area (Å²) in [7, 11) is 0. The molecule has 0 heterocycles. The van der Waals surface area contributed by atoms with Crippen LogP contribution < -0.4 is 5.73 Å². The van der Waals surface area contributed by atoms with Crippen molar-refractivity contribution in [3.63, 3.8) is 0 Å². The Labute approximate surface area is 116 Å². The molecule has 3 nitrogen and oxygen atoms in total. The molecule has 0 atom stereocenters. The normalized spacial score (nSPS) is 10.6. The summed E-state index contributed by atoms with van der Waals surface area (Å²) in [5.41, 5.74) is 8.27. The van der Waals surface area contributed by atoms with Gasteiger partial charge in [0.25, 0.3) is 0 Å². The number of hydrogen-bond acceptors (Lipinski definition) is 2. The SMILES string of the molecule is Nc1cc(C(=O)O)cc(-c2cccc3ccccc23)c1. The molecule has 0 radical (unpaired) electrons. The van der Waals surface area contributed by atoms with Gasteiger partial charge in [-0.3, -0.25) is 0 Å². The van der Waals surface area contributed by atoms with E-state index in [-0.39, 0.29) is 5.56 Å². The Kier molecular flexibility index (Phi) is 2.88. The molecule has 0 saturated heterocycles. The van der Waals surface area contributed by atoms with Gasteiger partial charge in [-0.05, 0) is 40.1 Å². The van der Waals surface area contributed by atoms with Gasteiger partial charge in [-0.25, -0.2) is 4.79 Å². The van der Waals surface area contributed by atoms with E-state index in [1.807, 2.05) is 42.5 Å². The Hall–Kier alpha value is -2.81. The Bertz CT molecular complexity index is 804. The lowest BCUT2D eigenvalue weighted by Crippen LogP contribution is -1.98. The van der Waals surface area contributed by atoms with Crippen LogP contribution in [0, 0.1) is 0 Å². The van der Waals surface area contributed by atoms with Crippen molar-refractivity contribution in [2.75, 3.05) is 5.73 Å². The maximum absolute atomic E-state index is 11.1. The van der Waals surface area contributed by atoms with Crippen molar-refractivity contribution >= 4 is 22.4 Å². The first-order chi connectivity index (χ1) is 9.65. The van der Waals surface area contributed by atoms with Crippen LogP contribution in [0.1, 0.15) is 10.4 Å². The van der Waals surface area contributed by atoms with Crippen LogP contribution in [-0.4, -0.2) is 11.1 Å². The van der Waals surface area contributed by atoms with Crippen LogP contribution in [0.3, 0.4) is 0 Å². The zero-order valence-corrected chi connectivity index (χ0v) is 10.7. The number of nitrogen functional groups attached to an aromatic ring is 1. The van der Waals surface area contributed by atoms with Crippen LogP contribution in [0.15, 0.2) is 60.7 Å². The fourth-order valence-electron chi connectivity index (χ4n) is 2.41. The van der Waals surface area contributed by atoms with Gasteiger partial charge in [0.15, 0.2) is 0 Å². The van der Waals surface area contributed by atoms with Gasteiger partial charge in [-0.15, -0.1) is 0 Å². The Morgan fingerprint density at radius 2 is 1.70 bits per heavy atom. The second-order valence-corrected chi connectivity index (χ2v) is 4.68. The molecule has 20 heavy (non-hydrogen) atoms. The van der Waals surface area contributed by atoms with Crippen LogP contribution in [0.2, 0.25) is 0 Å². The predicted octanol–water partition coefficient (Wildman–Crippen LogP) is 3.79. The highest BCUT2D eigenvalue weighted by atomic mass is 16.4. The third-order valence-corrected chi connectivity index (χ3v) is 3.30. The number of nitrogens with two attached hydrogens (primary N) is 1. The van der Waals surface area contributed by atoms with Crippen molar-refractivity contribution in [3.8, 4) is 11.1 Å². The third kappa shape index (κ3) is 2.10. The summed E-state index contributed by atoms with van der Waals surface area (Å²) in [5, 5.41) is 11.3. The van der Waals surface area contributed by atoms with Gasteiger partial charge >= 0.3 is 5.97 Å². The zero-order chi connectivity index (χ0) is 14.1. The maximum Gasteiger partial charge on any atom is 0.335 e. The van der Waals surface area contributed by atoms with E-state index in [4.69, 9.17) is 10.8 Å². The van der Waals surface area contributed by atoms with Gasteiger partial charge in [0.2, 0.25) is 0 Å². The molecular weight excluding hydrogens is 250 g/mol. The molecule has 3 rings (SSSR count). The lowest BCUT2D eigenvalue weighted by molar-refractivity contribution is 0.0697. The number of carbonyl (C=O) groups is 1. The van der Waals surface area contributed by atoms with Crippen molar-refractivity contribution in [1.82, 2.24) is 0 Å². The molecule has 0 aromatic heterocycles. The van der Waals surface area contributed by atoms with Gasteiger partial charge in [0.05, 0.1) is 5.56 Å². The Balaban J connectivity index is 2.28. The minimum atomic E-state index is -0.973. The van der Waals surface area contributed by atoms with Crippen molar-refractivity contribution in [2.24, 2.45) is 0 Å². The number of carboxylic acid groups (broad SMARTS) is 1. The van der Waals surface area contributed by atoms with E-state index in [2.05, 4.69) is 0 Å². The molecule has 0 bridgehead atoms. The van der Waals surface area contributed by atoms with Gasteiger partial charge in [-0.2, -0.15) is 0 Å². The molecule has 98 valence electrons. The number of aromatic carboxylic acids is 1. The molecule has 0 amide bonds. The maximum atomic E-state index is 11.1. The van der Waals surface area contributed by atoms with Gasteiger partial charge in [0.1, 0.15) is 0 Å². The monoisotopic (exact) mass is 263 g/mol. The fraction of sp³-hybridized carbons (Fsp3) is 0. The second-order valence-electron chi connectivity index (χ2n) is 4.68. The average molecular weight is 263 g/mol. The summed E-state index contributed by atoms with van der Waals surface area (Å²) < 4.78 is 0. The Morgan fingerprint density at radius 1 is 0.950 bits per heavy atom. The summed E-state index contributed by atoms with van der Waals surface area (Å²) >= 11 is 0. The predicted molar refractivity (Wildman–Crippen MR) is 80.8 cm³/mol. The third-order valence-electron chi connectivity index (χ3n) is 3.30. The summed E-state index contributed by atoms with van der Waals surface area (Å²) in [5.74, 6) is -0.973. The standard InChI is InChI=1S/C17H13NO2/c18-14-9-12(8-13(10-14)17(19)20)16-7-3-5-11-4-1-2-6-15(11)16/h1-10H,18H2,(H,19,20). The molecule has 0 spiro atoms. The topological polar surface area (TPSA) is 63.3 Å². The molecule has 0 saturated carbocycles. The van der Waals surface area contributed by atoms with E-state index in [1.165, 1.54) is 6.07 Å². The summed E-state index contributed by atoms with van der Waals surface area (Å²) in [6.07, 6.45) is 0. The van der Waals surface area contributed by atoms with Crippen LogP contribution >= 0.6 is 0 Å². The number of anilines is 1. The molecule has 0 unspecified atom stereocenters. The molecule has 0 aliphatic heterocycles. The number of hydrogen-bond donors (Lipinski definition) is 2. The lowest BCUT2D eigenvalue weighted by Gasteiger charge is -2.09. The molecule has 3 aromatic carbocycles. The van der Waals surface area contributed by atoms with Gasteiger partial charge < -0.3 is 10.8 Å². The smallest absolute Gasteiger partial charge is 0.335 e. The molecule has 3 aromatic rings. The molecule has 3 N–H and O–H groups in total. The van der Waals surface area contributed by atoms with Crippen molar-refractivity contribution in [2.45, 2.75) is 0 Å². The highest BCUT2D eigenvalue weighted by Gasteiger charge is 2.09. The summed E-state index contributed by atoms with van der Waals surface area (Å²) in [6, 6.07) is 18.9. The Morgan fingerprint density at radius 3 is 2.50 bits per heavy atom. The lowest BCUT2D eigenvalue weighted by atomic mass is 9.96. The highest BCUT2D eigenvalue weighted by molar-refractivity contribution is 5.99. The van der Waals surface area contributed by atoms with Crippen LogP contribution in [0.4, 0.5) is 5.69 Å². The minimum Gasteiger partial charge on any atom is -0.478 e. The number of carboxylic acids is 1. The quantitative estimate of drug-likeness (QED) is 0.691. The number of fused-ring (bicyclic) bond motifs is 1. The van der Waals surface area contributed by atoms with E-state index < -0.39 is 5.97 Å². The highest BCUT2D eigenvalue weighted by Crippen LogP contribution is 2.30. The first-order valence-corrected chi connectivity index (χ1v) is 6.27. The van der Waals surface area contributed by atoms with E-state index in [0.29, 0.717) is 5.69 Å². The number of benzene rings is 3. The molecule has 3 heteroatoms. The fourth-order valence-corrected chi connectivity index (χ4v) is 2.41. The number of rotatable bonds is 2. The van der Waals surface area contributed by atoms with Crippen molar-refractivity contribution in [3.05, 3.63) is 66.2 Å². The summed E-state index contributed by atoms with van der Waals surface area (Å²) in [6.45, 7) is 0. The first kappa shape index (κ1) is 12.2. The molecule has 0 fully saturated rings. The van der Waals surface area contributed by atoms with E-state index in [0.717, 1.165) is 21.9 Å². The molecular formula is C17H13NO2. The van der Waals surface area contributed by atoms with Crippen LogP contribution in [0.25, 0.3) is 21.9 Å². The molecule has 0 aliphatic carbocycles. The van der Waals surface area contributed by atoms with Crippen molar-refractivity contribution < 1.29 is 9.90 Å². The average Bonchev–Trinajstić information content (AvgIpc) is 2.46. The van der Waals surface area contributed by atoms with E-state index >= 15 is 0 Å². The van der Waals surface area contributed by atoms with Crippen LogP contribution in [-0.2, 0) is 0 Å². The van der Waals surface area contributed by atoms with Crippen molar-refractivity contribution in [1.29, 1.82) is 0 Å². The largest absolute Gasteiger partial charge is 0.478 e. The van der Waals surface area contributed by atoms with Gasteiger partial charge in [0, 0.05) is 5.69 Å². The van der Waals surface area contributed by atoms with Crippen LogP contribution in [0.5, 0.6) is 0 Å².